The van der Waals surface area contributed by atoms with Gasteiger partial charge in [-0.1, -0.05) is 0 Å². The minimum absolute atomic E-state index is 0.150. The van der Waals surface area contributed by atoms with Gasteiger partial charge in [0.05, 0.1) is 18.4 Å². The van der Waals surface area contributed by atoms with E-state index in [4.69, 9.17) is 0 Å². The number of rotatable bonds is 3. The van der Waals surface area contributed by atoms with Gasteiger partial charge in [0.1, 0.15) is 13.2 Å². The van der Waals surface area contributed by atoms with Crippen LogP contribution in [0, 0.1) is 23.7 Å². The zero-order chi connectivity index (χ0) is 18.0. The monoisotopic (exact) mass is 359 g/mol. The average molecular weight is 359 g/mol. The molecule has 26 heavy (non-hydrogen) atoms. The van der Waals surface area contributed by atoms with Crippen LogP contribution in [0.2, 0.25) is 0 Å². The van der Waals surface area contributed by atoms with Crippen molar-refractivity contribution in [3.8, 4) is 0 Å². The number of nitrogens with zero attached hydrogens (tertiary/aromatic N) is 5. The molecule has 138 valence electrons. The summed E-state index contributed by atoms with van der Waals surface area (Å²) in [6.07, 6.45) is 3.05. The van der Waals surface area contributed by atoms with Crippen LogP contribution in [-0.4, -0.2) is 60.5 Å². The van der Waals surface area contributed by atoms with Crippen LogP contribution >= 0.6 is 0 Å². The molecule has 1 N–H and O–H groups in total. The van der Waals surface area contributed by atoms with Crippen LogP contribution in [0.5, 0.6) is 0 Å². The van der Waals surface area contributed by atoms with Crippen molar-refractivity contribution in [1.29, 1.82) is 0 Å². The molecule has 1 aromatic heterocycles. The van der Waals surface area contributed by atoms with E-state index in [-0.39, 0.29) is 49.3 Å². The summed E-state index contributed by atoms with van der Waals surface area (Å²) in [7, 11) is 0. The maximum atomic E-state index is 12.7. The number of fused-ring (bicyclic) bond motifs is 6. The zero-order valence-electron chi connectivity index (χ0n) is 14.4. The van der Waals surface area contributed by atoms with E-state index >= 15 is 0 Å². The number of aliphatic hydroxyl groups excluding tert-OH is 1. The quantitative estimate of drug-likeness (QED) is 0.704. The Kier molecular flexibility index (Phi) is 3.43. The van der Waals surface area contributed by atoms with E-state index in [0.29, 0.717) is 36.6 Å². The Balaban J connectivity index is 1.29. The first-order chi connectivity index (χ1) is 12.6. The van der Waals surface area contributed by atoms with Crippen LogP contribution in [0.3, 0.4) is 0 Å². The summed E-state index contributed by atoms with van der Waals surface area (Å²) in [5, 5.41) is 17.2. The van der Waals surface area contributed by atoms with Gasteiger partial charge in [0.15, 0.2) is 11.6 Å². The minimum Gasteiger partial charge on any atom is -0.388 e. The normalized spacial score (nSPS) is 32.3. The highest BCUT2D eigenvalue weighted by Crippen LogP contribution is 2.56. The van der Waals surface area contributed by atoms with E-state index in [1.807, 2.05) is 0 Å². The molecule has 2 bridgehead atoms. The summed E-state index contributed by atoms with van der Waals surface area (Å²) in [5.41, 5.74) is 0. The molecule has 4 atom stereocenters. The minimum atomic E-state index is -0.237. The fourth-order valence-electron chi connectivity index (χ4n) is 5.41. The fourth-order valence-corrected chi connectivity index (χ4v) is 5.41. The van der Waals surface area contributed by atoms with Gasteiger partial charge in [-0.05, 0) is 31.1 Å². The second-order valence-corrected chi connectivity index (χ2v) is 7.80. The lowest BCUT2D eigenvalue weighted by Gasteiger charge is -2.29. The van der Waals surface area contributed by atoms with Crippen molar-refractivity contribution < 1.29 is 19.5 Å². The maximum absolute atomic E-state index is 12.7. The molecule has 0 radical (unpaired) electrons. The van der Waals surface area contributed by atoms with Gasteiger partial charge < -0.3 is 14.6 Å². The first-order valence-electron chi connectivity index (χ1n) is 9.23. The Morgan fingerprint density at radius 3 is 2.42 bits per heavy atom. The molecule has 1 saturated heterocycles. The fraction of sp³-hybridized carbons (Fsp3) is 0.706. The van der Waals surface area contributed by atoms with E-state index in [0.717, 1.165) is 19.3 Å². The average Bonchev–Trinajstić information content (AvgIpc) is 3.40. The molecule has 0 aromatic carbocycles. The van der Waals surface area contributed by atoms with Crippen LogP contribution in [0.25, 0.3) is 0 Å². The second kappa shape index (κ2) is 5.60. The van der Waals surface area contributed by atoms with Crippen LogP contribution in [0.4, 0.5) is 0 Å². The molecule has 3 amide bonds. The van der Waals surface area contributed by atoms with E-state index in [9.17, 15) is 19.5 Å². The Labute approximate surface area is 150 Å². The molecule has 3 heterocycles. The highest BCUT2D eigenvalue weighted by Gasteiger charge is 2.61. The van der Waals surface area contributed by atoms with Crippen molar-refractivity contribution in [3.05, 3.63) is 11.6 Å². The molecule has 4 aliphatic rings. The van der Waals surface area contributed by atoms with Crippen molar-refractivity contribution in [1.82, 2.24) is 24.6 Å². The second-order valence-electron chi connectivity index (χ2n) is 7.80. The van der Waals surface area contributed by atoms with Crippen molar-refractivity contribution in [2.75, 3.05) is 13.1 Å². The van der Waals surface area contributed by atoms with Crippen LogP contribution < -0.4 is 0 Å². The third kappa shape index (κ3) is 2.09. The standard InChI is InChI=1S/C17H21N5O4/c23-8-12-19-18-11-6-20(3-4-21(11)12)13(24)7-22-16(25)14-9-1-2-10(5-9)15(14)17(22)26/h9-10,14-15,23H,1-8H2/t9-,10-,14-,15-/m1/s1. The third-order valence-corrected chi connectivity index (χ3v) is 6.64. The van der Waals surface area contributed by atoms with Crippen LogP contribution in [0.15, 0.2) is 0 Å². The van der Waals surface area contributed by atoms with Gasteiger partial charge in [0.25, 0.3) is 0 Å². The SMILES string of the molecule is O=C(CN1C(=O)[C@@H]2[C@@H]3CC[C@H](C3)[C@H]2C1=O)N1CCn2c(CO)nnc2C1. The number of amides is 3. The van der Waals surface area contributed by atoms with Gasteiger partial charge >= 0.3 is 0 Å². The summed E-state index contributed by atoms with van der Waals surface area (Å²) in [6.45, 7) is 0.862. The smallest absolute Gasteiger partial charge is 0.243 e. The Bertz CT molecular complexity index is 777. The number of likely N-dealkylation sites (tertiary alicyclic amines) is 1. The van der Waals surface area contributed by atoms with E-state index in [1.54, 1.807) is 9.47 Å². The zero-order valence-corrected chi connectivity index (χ0v) is 14.4. The third-order valence-electron chi connectivity index (χ3n) is 6.64. The van der Waals surface area contributed by atoms with Crippen molar-refractivity contribution >= 4 is 17.7 Å². The molecule has 3 fully saturated rings. The molecule has 1 aromatic rings. The van der Waals surface area contributed by atoms with Gasteiger partial charge in [-0.25, -0.2) is 0 Å². The molecule has 0 unspecified atom stereocenters. The van der Waals surface area contributed by atoms with E-state index < -0.39 is 0 Å². The van der Waals surface area contributed by atoms with Gasteiger partial charge in [-0.15, -0.1) is 10.2 Å². The number of hydrogen-bond donors (Lipinski definition) is 1. The molecule has 9 heteroatoms. The van der Waals surface area contributed by atoms with Crippen molar-refractivity contribution in [3.63, 3.8) is 0 Å². The maximum Gasteiger partial charge on any atom is 0.243 e. The summed E-state index contributed by atoms with van der Waals surface area (Å²) in [4.78, 5) is 41.0. The number of aliphatic hydroxyl groups is 1. The molecular formula is C17H21N5O4. The van der Waals surface area contributed by atoms with Gasteiger partial charge in [0, 0.05) is 13.1 Å². The largest absolute Gasteiger partial charge is 0.388 e. The molecule has 2 saturated carbocycles. The van der Waals surface area contributed by atoms with Gasteiger partial charge in [-0.2, -0.15) is 0 Å². The molecule has 9 nitrogen and oxygen atoms in total. The number of hydrogen-bond acceptors (Lipinski definition) is 6. The number of carbonyl (C=O) groups excluding carboxylic acids is 3. The number of aromatic nitrogens is 3. The Morgan fingerprint density at radius 2 is 1.77 bits per heavy atom. The summed E-state index contributed by atoms with van der Waals surface area (Å²) in [6, 6.07) is 0. The number of imide groups is 1. The molecule has 2 aliphatic carbocycles. The molecule has 5 rings (SSSR count). The van der Waals surface area contributed by atoms with Gasteiger partial charge in [-0.3, -0.25) is 19.3 Å². The highest BCUT2D eigenvalue weighted by atomic mass is 16.3. The predicted octanol–water partition coefficient (Wildman–Crippen LogP) is -0.856. The summed E-state index contributed by atoms with van der Waals surface area (Å²) < 4.78 is 1.80. The van der Waals surface area contributed by atoms with Crippen LogP contribution in [-0.2, 0) is 34.1 Å². The topological polar surface area (TPSA) is 109 Å². The Morgan fingerprint density at radius 1 is 1.08 bits per heavy atom. The lowest BCUT2D eigenvalue weighted by atomic mass is 9.81. The predicted molar refractivity (Wildman–Crippen MR) is 85.9 cm³/mol. The van der Waals surface area contributed by atoms with Gasteiger partial charge in [0.2, 0.25) is 17.7 Å². The van der Waals surface area contributed by atoms with E-state index in [1.165, 1.54) is 4.90 Å². The summed E-state index contributed by atoms with van der Waals surface area (Å²) >= 11 is 0. The lowest BCUT2D eigenvalue weighted by molar-refractivity contribution is -0.147. The molecule has 0 spiro atoms. The number of carbonyl (C=O) groups is 3. The van der Waals surface area contributed by atoms with Crippen molar-refractivity contribution in [2.45, 2.75) is 39.0 Å². The van der Waals surface area contributed by atoms with Crippen molar-refractivity contribution in [2.24, 2.45) is 23.7 Å². The first-order valence-corrected chi connectivity index (χ1v) is 9.23. The summed E-state index contributed by atoms with van der Waals surface area (Å²) in [5.74, 6) is 0.837. The molecule has 2 aliphatic heterocycles. The molecular weight excluding hydrogens is 338 g/mol. The highest BCUT2D eigenvalue weighted by molar-refractivity contribution is 6.08. The lowest BCUT2D eigenvalue weighted by Crippen LogP contribution is -2.46. The first kappa shape index (κ1) is 15.9. The van der Waals surface area contributed by atoms with E-state index in [2.05, 4.69) is 10.2 Å². The van der Waals surface area contributed by atoms with Crippen LogP contribution in [0.1, 0.15) is 30.9 Å². The Hall–Kier alpha value is -2.29.